The number of amides is 2. The minimum Gasteiger partial charge on any atom is -0.475 e. The Balaban J connectivity index is -0.000000400. The largest absolute Gasteiger partial charge is 0.490 e. The molecule has 0 saturated carbocycles. The topological polar surface area (TPSA) is 256 Å². The first-order chi connectivity index (χ1) is 32.5. The zero-order chi connectivity index (χ0) is 54.9. The average molecular weight is 1050 g/mol. The highest BCUT2D eigenvalue weighted by Crippen LogP contribution is 2.15. The number of carbonyl (C=O) groups excluding carboxylic acids is 2. The molecule has 0 rings (SSSR count). The molecular weight excluding hydrogens is 976 g/mol. The molecule has 0 radical (unpaired) electrons. The van der Waals surface area contributed by atoms with Gasteiger partial charge < -0.3 is 52.3 Å². The molecule has 0 aromatic heterocycles. The van der Waals surface area contributed by atoms with Crippen LogP contribution < -0.4 is 31.9 Å². The quantitative estimate of drug-likeness (QED) is 0.0214. The summed E-state index contributed by atoms with van der Waals surface area (Å²) < 4.78 is 127. The Bertz CT molecular complexity index is 1170. The highest BCUT2D eigenvalue weighted by atomic mass is 19.4. The summed E-state index contributed by atoms with van der Waals surface area (Å²) in [6.45, 7) is 14.3. The summed E-state index contributed by atoms with van der Waals surface area (Å²) in [5, 5.41) is 48.6. The first-order valence-corrected chi connectivity index (χ1v) is 23.0. The van der Waals surface area contributed by atoms with Crippen molar-refractivity contribution in [3.8, 4) is 0 Å². The molecule has 10 N–H and O–H groups in total. The molecule has 16 nitrogen and oxygen atoms in total. The van der Waals surface area contributed by atoms with E-state index in [1.165, 1.54) is 77.0 Å². The molecule has 0 aliphatic rings. The third-order valence-corrected chi connectivity index (χ3v) is 8.56. The monoisotopic (exact) mass is 1050 g/mol. The van der Waals surface area contributed by atoms with E-state index >= 15 is 0 Å². The van der Waals surface area contributed by atoms with Gasteiger partial charge in [0.15, 0.2) is 0 Å². The first-order valence-electron chi connectivity index (χ1n) is 23.0. The molecule has 28 heteroatoms. The molecule has 0 unspecified atom stereocenters. The highest BCUT2D eigenvalue weighted by molar-refractivity contribution is 5.76. The summed E-state index contributed by atoms with van der Waals surface area (Å²) in [7, 11) is 0. The third-order valence-electron chi connectivity index (χ3n) is 8.56. The van der Waals surface area contributed by atoms with Gasteiger partial charge in [-0.1, -0.05) is 78.1 Å². The lowest BCUT2D eigenvalue weighted by Crippen LogP contribution is -2.28. The summed E-state index contributed by atoms with van der Waals surface area (Å²) in [5.74, 6) is -10.6. The van der Waals surface area contributed by atoms with Crippen LogP contribution in [0, 0.1) is 0 Å². The van der Waals surface area contributed by atoms with Crippen molar-refractivity contribution in [3.63, 3.8) is 0 Å². The highest BCUT2D eigenvalue weighted by Gasteiger charge is 2.40. The van der Waals surface area contributed by atoms with Crippen LogP contribution >= 0.6 is 0 Å². The van der Waals surface area contributed by atoms with Crippen molar-refractivity contribution < 1.29 is 102 Å². The van der Waals surface area contributed by atoms with Gasteiger partial charge in [0.2, 0.25) is 11.8 Å². The van der Waals surface area contributed by atoms with E-state index in [4.69, 9.17) is 39.6 Å². The average Bonchev–Trinajstić information content (AvgIpc) is 3.24. The number of aliphatic carboxylic acids is 4. The number of nitrogens with one attached hydrogen (secondary N) is 6. The fraction of sp³-hybridized carbons (Fsp3) is 0.857. The molecule has 70 heavy (non-hydrogen) atoms. The molecule has 0 fully saturated rings. The summed E-state index contributed by atoms with van der Waals surface area (Å²) in [4.78, 5) is 59.3. The van der Waals surface area contributed by atoms with Crippen molar-refractivity contribution in [1.29, 1.82) is 0 Å². The van der Waals surface area contributed by atoms with Gasteiger partial charge in [0, 0.05) is 25.9 Å². The van der Waals surface area contributed by atoms with Crippen molar-refractivity contribution >= 4 is 35.7 Å². The lowest BCUT2D eigenvalue weighted by Gasteiger charge is -2.09. The predicted octanol–water partition coefficient (Wildman–Crippen LogP) is 7.95. The lowest BCUT2D eigenvalue weighted by molar-refractivity contribution is -0.193. The summed E-state index contributed by atoms with van der Waals surface area (Å²) >= 11 is 0. The minimum absolute atomic E-state index is 0.213. The van der Waals surface area contributed by atoms with Crippen LogP contribution in [-0.4, -0.2) is 146 Å². The Morgan fingerprint density at radius 1 is 0.300 bits per heavy atom. The molecule has 0 aliphatic carbocycles. The van der Waals surface area contributed by atoms with E-state index in [2.05, 4.69) is 45.7 Å². The second kappa shape index (κ2) is 48.4. The predicted molar refractivity (Wildman–Crippen MR) is 236 cm³/mol. The molecule has 0 aromatic rings. The summed E-state index contributed by atoms with van der Waals surface area (Å²) in [5.41, 5.74) is 0. The fourth-order valence-corrected chi connectivity index (χ4v) is 4.87. The zero-order valence-corrected chi connectivity index (χ0v) is 40.0. The molecule has 0 aliphatic heterocycles. The van der Waals surface area contributed by atoms with Crippen LogP contribution in [0.1, 0.15) is 142 Å². The van der Waals surface area contributed by atoms with Gasteiger partial charge in [-0.25, -0.2) is 19.2 Å². The Morgan fingerprint density at radius 3 is 0.700 bits per heavy atom. The van der Waals surface area contributed by atoms with Crippen molar-refractivity contribution in [2.75, 3.05) is 65.4 Å². The Kier molecular flexibility index (Phi) is 51.7. The van der Waals surface area contributed by atoms with E-state index in [1.807, 2.05) is 0 Å². The van der Waals surface area contributed by atoms with Crippen LogP contribution in [0.25, 0.3) is 0 Å². The number of carbonyl (C=O) groups is 6. The molecule has 0 heterocycles. The van der Waals surface area contributed by atoms with Gasteiger partial charge >= 0.3 is 48.6 Å². The van der Waals surface area contributed by atoms with Crippen molar-refractivity contribution in [2.24, 2.45) is 0 Å². The van der Waals surface area contributed by atoms with Gasteiger partial charge in [0.05, 0.1) is 0 Å². The Labute approximate surface area is 401 Å². The van der Waals surface area contributed by atoms with Gasteiger partial charge in [-0.2, -0.15) is 52.7 Å². The van der Waals surface area contributed by atoms with Crippen LogP contribution in [0.4, 0.5) is 52.7 Å². The minimum atomic E-state index is -5.08. The summed E-state index contributed by atoms with van der Waals surface area (Å²) in [6.07, 6.45) is 2.47. The maximum Gasteiger partial charge on any atom is 0.490 e. The summed E-state index contributed by atoms with van der Waals surface area (Å²) in [6, 6.07) is 0. The number of carboxylic acid groups (broad SMARTS) is 4. The molecule has 0 spiro atoms. The van der Waals surface area contributed by atoms with E-state index in [9.17, 15) is 62.3 Å². The Morgan fingerprint density at radius 2 is 0.486 bits per heavy atom. The van der Waals surface area contributed by atoms with Crippen LogP contribution in [-0.2, 0) is 28.8 Å². The first kappa shape index (κ1) is 74.8. The van der Waals surface area contributed by atoms with Gasteiger partial charge in [-0.05, 0) is 104 Å². The Hall–Kier alpha value is -4.18. The second-order valence-electron chi connectivity index (χ2n) is 15.1. The van der Waals surface area contributed by atoms with Gasteiger partial charge in [-0.3, -0.25) is 9.59 Å². The van der Waals surface area contributed by atoms with E-state index in [1.54, 1.807) is 0 Å². The molecular formula is C42H76F12N6O10. The molecule has 418 valence electrons. The van der Waals surface area contributed by atoms with E-state index in [0.29, 0.717) is 12.8 Å². The number of alkyl halides is 12. The molecule has 0 bridgehead atoms. The SMILES string of the molecule is CCCCCCCCC(=O)NCCCNCCCNCCCCNCCCNCCCNC(=O)CCCCCCCC.O=C(O)C(F)(F)F.O=C(O)C(F)(F)F.O=C(O)C(F)(F)F.O=C(O)C(F)(F)F. The number of hydrogen-bond acceptors (Lipinski definition) is 10. The van der Waals surface area contributed by atoms with Gasteiger partial charge in [-0.15, -0.1) is 0 Å². The normalized spacial score (nSPS) is 11.2. The van der Waals surface area contributed by atoms with Crippen molar-refractivity contribution in [2.45, 2.75) is 167 Å². The van der Waals surface area contributed by atoms with Gasteiger partial charge in [0.1, 0.15) is 0 Å². The number of unbranched alkanes of at least 4 members (excludes halogenated alkanes) is 11. The molecule has 0 saturated heterocycles. The van der Waals surface area contributed by atoms with E-state index in [0.717, 1.165) is 104 Å². The van der Waals surface area contributed by atoms with Crippen molar-refractivity contribution in [1.82, 2.24) is 31.9 Å². The van der Waals surface area contributed by atoms with E-state index in [-0.39, 0.29) is 11.8 Å². The number of carboxylic acids is 4. The zero-order valence-electron chi connectivity index (χ0n) is 40.0. The second-order valence-corrected chi connectivity index (χ2v) is 15.1. The fourth-order valence-electron chi connectivity index (χ4n) is 4.87. The van der Waals surface area contributed by atoms with Crippen LogP contribution in [0.15, 0.2) is 0 Å². The number of hydrogen-bond donors (Lipinski definition) is 10. The van der Waals surface area contributed by atoms with Crippen LogP contribution in [0.5, 0.6) is 0 Å². The molecule has 2 amide bonds. The third kappa shape index (κ3) is 68.1. The standard InChI is InChI=1S/C34H72N6O2.4C2HF3O2/c1-3-5-7-9-11-13-21-33(41)39-31-19-29-37-27-17-25-35-23-15-16-24-36-26-18-28-38-30-20-32-40-34(42)22-14-12-10-8-6-4-2;4*3-2(4,5)1(6)7/h35-38H,3-32H2,1-2H3,(H,39,41)(H,40,42);4*(H,6,7). The maximum atomic E-state index is 11.8. The van der Waals surface area contributed by atoms with Gasteiger partial charge in [0.25, 0.3) is 0 Å². The van der Waals surface area contributed by atoms with Crippen LogP contribution in [0.3, 0.4) is 0 Å². The van der Waals surface area contributed by atoms with Crippen molar-refractivity contribution in [3.05, 3.63) is 0 Å². The van der Waals surface area contributed by atoms with Crippen LogP contribution in [0.2, 0.25) is 0 Å². The number of rotatable bonds is 35. The number of halogens is 12. The maximum absolute atomic E-state index is 11.8. The lowest BCUT2D eigenvalue weighted by atomic mass is 10.1. The molecule has 0 atom stereocenters. The smallest absolute Gasteiger partial charge is 0.475 e. The molecule has 0 aromatic carbocycles. The van der Waals surface area contributed by atoms with E-state index < -0.39 is 48.6 Å².